The van der Waals surface area contributed by atoms with Crippen LogP contribution in [-0.4, -0.2) is 18.2 Å². The molecular formula is C22H21N3O2S. The van der Waals surface area contributed by atoms with Gasteiger partial charge in [0.05, 0.1) is 17.1 Å². The fourth-order valence-corrected chi connectivity index (χ4v) is 4.37. The van der Waals surface area contributed by atoms with E-state index in [0.29, 0.717) is 12.2 Å². The van der Waals surface area contributed by atoms with Gasteiger partial charge in [0.1, 0.15) is 0 Å². The summed E-state index contributed by atoms with van der Waals surface area (Å²) in [4.78, 5) is 0.246. The van der Waals surface area contributed by atoms with Crippen LogP contribution in [0.2, 0.25) is 0 Å². The van der Waals surface area contributed by atoms with Gasteiger partial charge < -0.3 is 0 Å². The van der Waals surface area contributed by atoms with Crippen molar-refractivity contribution in [2.45, 2.75) is 25.3 Å². The average molecular weight is 391 g/mol. The van der Waals surface area contributed by atoms with Crippen molar-refractivity contribution in [1.82, 2.24) is 9.78 Å². The lowest BCUT2D eigenvalue weighted by atomic mass is 10.1. The lowest BCUT2D eigenvalue weighted by Crippen LogP contribution is -2.13. The van der Waals surface area contributed by atoms with E-state index >= 15 is 0 Å². The second-order valence-electron chi connectivity index (χ2n) is 6.90. The summed E-state index contributed by atoms with van der Waals surface area (Å²) in [7, 11) is -3.67. The van der Waals surface area contributed by atoms with E-state index in [-0.39, 0.29) is 4.90 Å². The molecule has 5 nitrogen and oxygen atoms in total. The van der Waals surface area contributed by atoms with Crippen molar-refractivity contribution in [3.8, 4) is 0 Å². The smallest absolute Gasteiger partial charge is 0.261 e. The van der Waals surface area contributed by atoms with Crippen LogP contribution in [0.5, 0.6) is 0 Å². The second-order valence-corrected chi connectivity index (χ2v) is 8.58. The molecule has 1 N–H and O–H groups in total. The average Bonchev–Trinajstić information content (AvgIpc) is 2.98. The molecule has 0 atom stereocenters. The number of rotatable bonds is 5. The van der Waals surface area contributed by atoms with Crippen LogP contribution in [0.1, 0.15) is 17.0 Å². The molecule has 0 amide bonds. The molecule has 3 aromatic carbocycles. The Bertz CT molecular complexity index is 1260. The van der Waals surface area contributed by atoms with Crippen LogP contribution in [-0.2, 0) is 16.6 Å². The third kappa shape index (κ3) is 3.77. The zero-order valence-corrected chi connectivity index (χ0v) is 16.6. The summed E-state index contributed by atoms with van der Waals surface area (Å²) in [5, 5.41) is 6.36. The molecule has 0 unspecified atom stereocenters. The Balaban J connectivity index is 1.59. The SMILES string of the molecule is Cc1cc(C)n(Cc2cccc(NS(=O)(=O)c3ccc4ccccc4c3)c2)n1. The summed E-state index contributed by atoms with van der Waals surface area (Å²) >= 11 is 0. The van der Waals surface area contributed by atoms with Gasteiger partial charge in [0, 0.05) is 11.4 Å². The third-order valence-electron chi connectivity index (χ3n) is 4.65. The van der Waals surface area contributed by atoms with Gasteiger partial charge in [0.15, 0.2) is 0 Å². The maximum atomic E-state index is 12.8. The Hall–Kier alpha value is -3.12. The zero-order chi connectivity index (χ0) is 19.7. The minimum atomic E-state index is -3.67. The molecule has 28 heavy (non-hydrogen) atoms. The first kappa shape index (κ1) is 18.3. The number of benzene rings is 3. The van der Waals surface area contributed by atoms with Crippen LogP contribution in [0, 0.1) is 13.8 Å². The van der Waals surface area contributed by atoms with Gasteiger partial charge in [-0.05, 0) is 60.5 Å². The standard InChI is InChI=1S/C22H21N3O2S/c1-16-12-17(2)25(23-16)15-18-6-5-9-21(13-18)24-28(26,27)22-11-10-19-7-3-4-8-20(19)14-22/h3-14,24H,15H2,1-2H3. The minimum absolute atomic E-state index is 0.246. The van der Waals surface area contributed by atoms with Gasteiger partial charge in [-0.25, -0.2) is 8.42 Å². The third-order valence-corrected chi connectivity index (χ3v) is 6.03. The minimum Gasteiger partial charge on any atom is -0.280 e. The van der Waals surface area contributed by atoms with Gasteiger partial charge in [-0.3, -0.25) is 9.40 Å². The molecule has 0 radical (unpaired) electrons. The van der Waals surface area contributed by atoms with E-state index in [4.69, 9.17) is 0 Å². The number of hydrogen-bond acceptors (Lipinski definition) is 3. The quantitative estimate of drug-likeness (QED) is 0.545. The van der Waals surface area contributed by atoms with Gasteiger partial charge in [0.25, 0.3) is 10.0 Å². The number of anilines is 1. The molecule has 0 saturated carbocycles. The van der Waals surface area contributed by atoms with Gasteiger partial charge >= 0.3 is 0 Å². The number of sulfonamides is 1. The highest BCUT2D eigenvalue weighted by Crippen LogP contribution is 2.22. The maximum Gasteiger partial charge on any atom is 0.261 e. The summed E-state index contributed by atoms with van der Waals surface area (Å²) < 4.78 is 30.3. The lowest BCUT2D eigenvalue weighted by molar-refractivity contribution is 0.601. The summed E-state index contributed by atoms with van der Waals surface area (Å²) in [5.41, 5.74) is 3.54. The van der Waals surface area contributed by atoms with E-state index in [2.05, 4.69) is 9.82 Å². The normalized spacial score (nSPS) is 11.6. The van der Waals surface area contributed by atoms with Crippen LogP contribution in [0.25, 0.3) is 10.8 Å². The summed E-state index contributed by atoms with van der Waals surface area (Å²) in [6, 6.07) is 22.3. The first-order valence-corrected chi connectivity index (χ1v) is 10.5. The molecule has 0 spiro atoms. The van der Waals surface area contributed by atoms with Crippen molar-refractivity contribution in [3.63, 3.8) is 0 Å². The van der Waals surface area contributed by atoms with Gasteiger partial charge in [-0.2, -0.15) is 5.10 Å². The Kier molecular flexibility index (Phi) is 4.65. The summed E-state index contributed by atoms with van der Waals surface area (Å²) in [6.07, 6.45) is 0. The molecule has 142 valence electrons. The van der Waals surface area contributed by atoms with E-state index in [9.17, 15) is 8.42 Å². The number of nitrogens with zero attached hydrogens (tertiary/aromatic N) is 2. The Morgan fingerprint density at radius 2 is 1.68 bits per heavy atom. The van der Waals surface area contributed by atoms with Crippen LogP contribution in [0.4, 0.5) is 5.69 Å². The van der Waals surface area contributed by atoms with Crippen LogP contribution in [0.15, 0.2) is 77.7 Å². The maximum absolute atomic E-state index is 12.8. The number of hydrogen-bond donors (Lipinski definition) is 1. The van der Waals surface area contributed by atoms with E-state index in [0.717, 1.165) is 27.7 Å². The predicted molar refractivity (Wildman–Crippen MR) is 112 cm³/mol. The molecule has 1 heterocycles. The molecule has 4 rings (SSSR count). The van der Waals surface area contributed by atoms with E-state index in [1.165, 1.54) is 0 Å². The van der Waals surface area contributed by atoms with Crippen molar-refractivity contribution in [3.05, 3.63) is 89.7 Å². The highest BCUT2D eigenvalue weighted by Gasteiger charge is 2.15. The van der Waals surface area contributed by atoms with E-state index < -0.39 is 10.0 Å². The van der Waals surface area contributed by atoms with Crippen molar-refractivity contribution in [2.24, 2.45) is 0 Å². The molecule has 1 aromatic heterocycles. The van der Waals surface area contributed by atoms with Crippen LogP contribution < -0.4 is 4.72 Å². The Morgan fingerprint density at radius 1 is 0.893 bits per heavy atom. The number of nitrogens with one attached hydrogen (secondary N) is 1. The summed E-state index contributed by atoms with van der Waals surface area (Å²) in [5.74, 6) is 0. The van der Waals surface area contributed by atoms with Gasteiger partial charge in [0.2, 0.25) is 0 Å². The largest absolute Gasteiger partial charge is 0.280 e. The van der Waals surface area contributed by atoms with Crippen LogP contribution >= 0.6 is 0 Å². The number of aromatic nitrogens is 2. The van der Waals surface area contributed by atoms with Gasteiger partial charge in [-0.1, -0.05) is 42.5 Å². The molecule has 0 fully saturated rings. The number of aryl methyl sites for hydroxylation is 2. The number of fused-ring (bicyclic) bond motifs is 1. The van der Waals surface area contributed by atoms with Crippen molar-refractivity contribution in [2.75, 3.05) is 4.72 Å². The molecule has 0 bridgehead atoms. The fraction of sp³-hybridized carbons (Fsp3) is 0.136. The van der Waals surface area contributed by atoms with Crippen molar-refractivity contribution < 1.29 is 8.42 Å². The van der Waals surface area contributed by atoms with E-state index in [1.54, 1.807) is 18.2 Å². The first-order valence-electron chi connectivity index (χ1n) is 9.02. The fourth-order valence-electron chi connectivity index (χ4n) is 3.29. The predicted octanol–water partition coefficient (Wildman–Crippen LogP) is 4.50. The topological polar surface area (TPSA) is 64.0 Å². The van der Waals surface area contributed by atoms with Crippen LogP contribution in [0.3, 0.4) is 0 Å². The van der Waals surface area contributed by atoms with Gasteiger partial charge in [-0.15, -0.1) is 0 Å². The first-order chi connectivity index (χ1) is 13.4. The second kappa shape index (κ2) is 7.13. The molecule has 0 aliphatic carbocycles. The van der Waals surface area contributed by atoms with Crippen molar-refractivity contribution >= 4 is 26.5 Å². The highest BCUT2D eigenvalue weighted by molar-refractivity contribution is 7.92. The highest BCUT2D eigenvalue weighted by atomic mass is 32.2. The van der Waals surface area contributed by atoms with E-state index in [1.807, 2.05) is 73.1 Å². The van der Waals surface area contributed by atoms with Crippen molar-refractivity contribution in [1.29, 1.82) is 0 Å². The monoisotopic (exact) mass is 391 g/mol. The molecule has 0 saturated heterocycles. The lowest BCUT2D eigenvalue weighted by Gasteiger charge is -2.11. The zero-order valence-electron chi connectivity index (χ0n) is 15.8. The Labute approximate surface area is 164 Å². The Morgan fingerprint density at radius 3 is 2.43 bits per heavy atom. The molecule has 0 aliphatic heterocycles. The molecular weight excluding hydrogens is 370 g/mol. The molecule has 4 aromatic rings. The molecule has 0 aliphatic rings. The molecule has 6 heteroatoms. The summed E-state index contributed by atoms with van der Waals surface area (Å²) in [6.45, 7) is 4.55.